The fourth-order valence-electron chi connectivity index (χ4n) is 3.05. The normalized spacial score (nSPS) is 12.8. The summed E-state index contributed by atoms with van der Waals surface area (Å²) >= 11 is 0. The number of benzene rings is 2. The van der Waals surface area contributed by atoms with Crippen molar-refractivity contribution in [2.75, 3.05) is 14.2 Å². The summed E-state index contributed by atoms with van der Waals surface area (Å²) in [6.07, 6.45) is 1.77. The van der Waals surface area contributed by atoms with Gasteiger partial charge in [-0.3, -0.25) is 4.79 Å². The van der Waals surface area contributed by atoms with E-state index in [1.165, 1.54) is 5.56 Å². The molecule has 5 heteroatoms. The fraction of sp³-hybridized carbons (Fsp3) is 0.435. The Morgan fingerprint density at radius 3 is 2.14 bits per heavy atom. The predicted molar refractivity (Wildman–Crippen MR) is 111 cm³/mol. The molecule has 2 rings (SSSR count). The topological polar surface area (TPSA) is 56.8 Å². The number of rotatable bonds is 10. The number of aryl methyl sites for hydroxylation is 1. The SMILES string of the molecule is CCc1ccc(O[C@H](CC)C(=O)N[C@@H](CC)c2ccc(OC)c(OC)c2)cc1. The number of ether oxygens (including phenoxy) is 3. The van der Waals surface area contributed by atoms with Crippen molar-refractivity contribution in [3.05, 3.63) is 53.6 Å². The molecule has 152 valence electrons. The van der Waals surface area contributed by atoms with Gasteiger partial charge in [0.05, 0.1) is 20.3 Å². The van der Waals surface area contributed by atoms with Crippen LogP contribution in [0.3, 0.4) is 0 Å². The molecule has 0 aliphatic carbocycles. The number of carbonyl (C=O) groups is 1. The van der Waals surface area contributed by atoms with Gasteiger partial charge in [0, 0.05) is 0 Å². The minimum absolute atomic E-state index is 0.122. The largest absolute Gasteiger partial charge is 0.493 e. The summed E-state index contributed by atoms with van der Waals surface area (Å²) in [6, 6.07) is 13.5. The van der Waals surface area contributed by atoms with Crippen LogP contribution in [0, 0.1) is 0 Å². The van der Waals surface area contributed by atoms with Crippen LogP contribution in [0.2, 0.25) is 0 Å². The van der Waals surface area contributed by atoms with Crippen molar-refractivity contribution in [3.8, 4) is 17.2 Å². The van der Waals surface area contributed by atoms with Crippen LogP contribution in [0.5, 0.6) is 17.2 Å². The van der Waals surface area contributed by atoms with Gasteiger partial charge in [0.2, 0.25) is 0 Å². The molecule has 1 amide bonds. The summed E-state index contributed by atoms with van der Waals surface area (Å²) in [6.45, 7) is 6.09. The first kappa shape index (κ1) is 21.6. The van der Waals surface area contributed by atoms with Crippen molar-refractivity contribution >= 4 is 5.91 Å². The van der Waals surface area contributed by atoms with E-state index in [4.69, 9.17) is 14.2 Å². The molecule has 0 bridgehead atoms. The highest BCUT2D eigenvalue weighted by Crippen LogP contribution is 2.31. The molecule has 0 aliphatic heterocycles. The Hall–Kier alpha value is -2.69. The van der Waals surface area contributed by atoms with Crippen molar-refractivity contribution in [1.82, 2.24) is 5.32 Å². The van der Waals surface area contributed by atoms with Gasteiger partial charge in [0.1, 0.15) is 5.75 Å². The van der Waals surface area contributed by atoms with Crippen LogP contribution in [-0.2, 0) is 11.2 Å². The van der Waals surface area contributed by atoms with Crippen LogP contribution in [0.4, 0.5) is 0 Å². The Kier molecular flexibility index (Phi) is 8.18. The lowest BCUT2D eigenvalue weighted by atomic mass is 10.0. The number of nitrogens with one attached hydrogen (secondary N) is 1. The molecular weight excluding hydrogens is 354 g/mol. The summed E-state index contributed by atoms with van der Waals surface area (Å²) in [4.78, 5) is 12.8. The molecule has 5 nitrogen and oxygen atoms in total. The van der Waals surface area contributed by atoms with E-state index in [1.54, 1.807) is 14.2 Å². The van der Waals surface area contributed by atoms with E-state index in [0.29, 0.717) is 23.7 Å². The first-order valence-electron chi connectivity index (χ1n) is 9.84. The maximum absolute atomic E-state index is 12.8. The maximum atomic E-state index is 12.8. The van der Waals surface area contributed by atoms with Crippen LogP contribution in [0.1, 0.15) is 50.8 Å². The zero-order valence-electron chi connectivity index (χ0n) is 17.5. The lowest BCUT2D eigenvalue weighted by Crippen LogP contribution is -2.39. The highest BCUT2D eigenvalue weighted by atomic mass is 16.5. The molecule has 1 N–H and O–H groups in total. The third-order valence-corrected chi connectivity index (χ3v) is 4.81. The molecule has 0 radical (unpaired) electrons. The zero-order valence-corrected chi connectivity index (χ0v) is 17.5. The maximum Gasteiger partial charge on any atom is 0.261 e. The van der Waals surface area contributed by atoms with Gasteiger partial charge in [-0.1, -0.05) is 39.0 Å². The fourth-order valence-corrected chi connectivity index (χ4v) is 3.05. The van der Waals surface area contributed by atoms with Crippen molar-refractivity contribution in [2.45, 2.75) is 52.2 Å². The minimum atomic E-state index is -0.540. The Morgan fingerprint density at radius 2 is 1.61 bits per heavy atom. The Labute approximate surface area is 168 Å². The van der Waals surface area contributed by atoms with Crippen molar-refractivity contribution in [3.63, 3.8) is 0 Å². The average Bonchev–Trinajstić information content (AvgIpc) is 2.75. The quantitative estimate of drug-likeness (QED) is 0.644. The molecule has 0 heterocycles. The Morgan fingerprint density at radius 1 is 0.929 bits per heavy atom. The molecule has 0 saturated carbocycles. The molecule has 0 spiro atoms. The summed E-state index contributed by atoms with van der Waals surface area (Å²) in [7, 11) is 3.21. The molecule has 0 saturated heterocycles. The lowest BCUT2D eigenvalue weighted by Gasteiger charge is -2.23. The molecule has 2 atom stereocenters. The van der Waals surface area contributed by atoms with E-state index in [1.807, 2.05) is 56.3 Å². The van der Waals surface area contributed by atoms with Gasteiger partial charge in [0.15, 0.2) is 17.6 Å². The molecule has 0 aromatic heterocycles. The monoisotopic (exact) mass is 385 g/mol. The van der Waals surface area contributed by atoms with Crippen molar-refractivity contribution in [1.29, 1.82) is 0 Å². The first-order valence-corrected chi connectivity index (χ1v) is 9.84. The van der Waals surface area contributed by atoms with E-state index < -0.39 is 6.10 Å². The van der Waals surface area contributed by atoms with Gasteiger partial charge in [0.25, 0.3) is 5.91 Å². The minimum Gasteiger partial charge on any atom is -0.493 e. The van der Waals surface area contributed by atoms with Gasteiger partial charge in [-0.2, -0.15) is 0 Å². The summed E-state index contributed by atoms with van der Waals surface area (Å²) in [5, 5.41) is 3.11. The number of methoxy groups -OCH3 is 2. The second-order valence-electron chi connectivity index (χ2n) is 6.60. The number of carbonyl (C=O) groups excluding carboxylic acids is 1. The number of amides is 1. The standard InChI is InChI=1S/C23H31NO4/c1-6-16-9-12-18(13-10-16)28-20(8-3)23(25)24-19(7-2)17-11-14-21(26-4)22(15-17)27-5/h9-15,19-20H,6-8H2,1-5H3,(H,24,25)/t19-,20+/m0/s1. The van der Waals surface area contributed by atoms with Crippen LogP contribution in [0.15, 0.2) is 42.5 Å². The van der Waals surface area contributed by atoms with Gasteiger partial charge in [-0.25, -0.2) is 0 Å². The molecule has 0 aliphatic rings. The van der Waals surface area contributed by atoms with Gasteiger partial charge in [-0.15, -0.1) is 0 Å². The third-order valence-electron chi connectivity index (χ3n) is 4.81. The first-order chi connectivity index (χ1) is 13.6. The average molecular weight is 386 g/mol. The summed E-state index contributed by atoms with van der Waals surface area (Å²) in [5.74, 6) is 1.90. The van der Waals surface area contributed by atoms with E-state index in [9.17, 15) is 4.79 Å². The van der Waals surface area contributed by atoms with Crippen molar-refractivity contribution < 1.29 is 19.0 Å². The number of hydrogen-bond donors (Lipinski definition) is 1. The van der Waals surface area contributed by atoms with Crippen LogP contribution in [0.25, 0.3) is 0 Å². The summed E-state index contributed by atoms with van der Waals surface area (Å²) in [5.41, 5.74) is 2.21. The zero-order chi connectivity index (χ0) is 20.5. The third kappa shape index (κ3) is 5.41. The van der Waals surface area contributed by atoms with Gasteiger partial charge >= 0.3 is 0 Å². The lowest BCUT2D eigenvalue weighted by molar-refractivity contribution is -0.128. The predicted octanol–water partition coefficient (Wildman–Crippen LogP) is 4.69. The molecule has 28 heavy (non-hydrogen) atoms. The van der Waals surface area contributed by atoms with Crippen LogP contribution >= 0.6 is 0 Å². The van der Waals surface area contributed by atoms with E-state index in [0.717, 1.165) is 18.4 Å². The highest BCUT2D eigenvalue weighted by molar-refractivity contribution is 5.81. The second-order valence-corrected chi connectivity index (χ2v) is 6.60. The van der Waals surface area contributed by atoms with E-state index in [-0.39, 0.29) is 11.9 Å². The molecule has 2 aromatic carbocycles. The summed E-state index contributed by atoms with van der Waals surface area (Å²) < 4.78 is 16.6. The number of hydrogen-bond acceptors (Lipinski definition) is 4. The molecule has 0 unspecified atom stereocenters. The molecule has 0 fully saturated rings. The smallest absolute Gasteiger partial charge is 0.261 e. The van der Waals surface area contributed by atoms with Crippen molar-refractivity contribution in [2.24, 2.45) is 0 Å². The molecular formula is C23H31NO4. The van der Waals surface area contributed by atoms with E-state index in [2.05, 4.69) is 12.2 Å². The molecule has 2 aromatic rings. The Balaban J connectivity index is 2.10. The van der Waals surface area contributed by atoms with E-state index >= 15 is 0 Å². The van der Waals surface area contributed by atoms with Gasteiger partial charge in [-0.05, 0) is 54.7 Å². The second kappa shape index (κ2) is 10.6. The van der Waals surface area contributed by atoms with Crippen LogP contribution < -0.4 is 19.5 Å². The Bertz CT molecular complexity index is 758. The van der Waals surface area contributed by atoms with Gasteiger partial charge < -0.3 is 19.5 Å². The van der Waals surface area contributed by atoms with Crippen LogP contribution in [-0.4, -0.2) is 26.2 Å². The highest BCUT2D eigenvalue weighted by Gasteiger charge is 2.22.